The summed E-state index contributed by atoms with van der Waals surface area (Å²) in [5.74, 6) is 0.886. The molecule has 1 aliphatic carbocycles. The van der Waals surface area contributed by atoms with Crippen molar-refractivity contribution in [3.63, 3.8) is 0 Å². The molecule has 0 saturated heterocycles. The lowest BCUT2D eigenvalue weighted by Crippen LogP contribution is -2.43. The number of aromatic nitrogens is 2. The number of ether oxygens (including phenoxy) is 1. The maximum absolute atomic E-state index is 12.4. The van der Waals surface area contributed by atoms with Gasteiger partial charge in [0.05, 0.1) is 0 Å². The largest absolute Gasteiger partial charge is 0.445 e. The lowest BCUT2D eigenvalue weighted by atomic mass is 9.64. The molecule has 1 saturated carbocycles. The molecule has 3 rings (SSSR count). The Bertz CT molecular complexity index is 664. The highest BCUT2D eigenvalue weighted by molar-refractivity contribution is 5.70. The molecule has 0 aliphatic heterocycles. The Labute approximate surface area is 143 Å². The van der Waals surface area contributed by atoms with Crippen molar-refractivity contribution in [1.29, 1.82) is 0 Å². The predicted molar refractivity (Wildman–Crippen MR) is 93.9 cm³/mol. The first-order valence-corrected chi connectivity index (χ1v) is 8.73. The topological polar surface area (TPSA) is 44.1 Å². The van der Waals surface area contributed by atoms with Crippen LogP contribution in [-0.2, 0) is 10.2 Å². The molecule has 0 radical (unpaired) electrons. The Morgan fingerprint density at radius 1 is 1.25 bits per heavy atom. The fraction of sp³-hybridized carbons (Fsp3) is 0.500. The van der Waals surface area contributed by atoms with Gasteiger partial charge in [-0.2, -0.15) is 0 Å². The monoisotopic (exact) mass is 326 g/mol. The molecule has 3 atom stereocenters. The van der Waals surface area contributed by atoms with Gasteiger partial charge in [-0.1, -0.05) is 57.5 Å². The van der Waals surface area contributed by atoms with Gasteiger partial charge in [-0.25, -0.2) is 14.3 Å². The summed E-state index contributed by atoms with van der Waals surface area (Å²) in [6.45, 7) is 6.77. The van der Waals surface area contributed by atoms with Gasteiger partial charge in [-0.05, 0) is 29.7 Å². The first-order valence-electron chi connectivity index (χ1n) is 8.73. The molecule has 4 nitrogen and oxygen atoms in total. The van der Waals surface area contributed by atoms with Crippen LogP contribution in [0.3, 0.4) is 0 Å². The van der Waals surface area contributed by atoms with E-state index in [4.69, 9.17) is 4.74 Å². The summed E-state index contributed by atoms with van der Waals surface area (Å²) in [7, 11) is 0. The van der Waals surface area contributed by atoms with Crippen LogP contribution in [0.4, 0.5) is 4.79 Å². The third-order valence-corrected chi connectivity index (χ3v) is 5.47. The van der Waals surface area contributed by atoms with Gasteiger partial charge in [-0.15, -0.1) is 0 Å². The van der Waals surface area contributed by atoms with Crippen molar-refractivity contribution in [3.05, 3.63) is 54.6 Å². The molecule has 1 heterocycles. The molecule has 4 heteroatoms. The van der Waals surface area contributed by atoms with Gasteiger partial charge in [0, 0.05) is 18.3 Å². The third-order valence-electron chi connectivity index (χ3n) is 5.47. The van der Waals surface area contributed by atoms with E-state index in [2.05, 4.69) is 50.0 Å². The van der Waals surface area contributed by atoms with Crippen LogP contribution in [0, 0.1) is 11.8 Å². The molecule has 24 heavy (non-hydrogen) atoms. The first-order chi connectivity index (χ1) is 11.5. The Balaban J connectivity index is 1.83. The zero-order valence-electron chi connectivity index (χ0n) is 14.7. The molecular weight excluding hydrogens is 300 g/mol. The summed E-state index contributed by atoms with van der Waals surface area (Å²) in [6, 6.07) is 10.5. The molecule has 1 aromatic carbocycles. The number of hydrogen-bond donors (Lipinski definition) is 0. The van der Waals surface area contributed by atoms with Crippen molar-refractivity contribution in [2.75, 3.05) is 0 Å². The number of hydrogen-bond acceptors (Lipinski definition) is 3. The molecule has 2 aromatic rings. The first kappa shape index (κ1) is 16.7. The fourth-order valence-electron chi connectivity index (χ4n) is 3.92. The Morgan fingerprint density at radius 3 is 2.67 bits per heavy atom. The molecule has 1 fully saturated rings. The maximum Gasteiger partial charge on any atom is 0.419 e. The molecule has 0 N–H and O–H groups in total. The molecule has 1 aliphatic rings. The van der Waals surface area contributed by atoms with E-state index in [1.807, 2.05) is 6.07 Å². The lowest BCUT2D eigenvalue weighted by molar-refractivity contribution is -0.00270. The summed E-state index contributed by atoms with van der Waals surface area (Å²) >= 11 is 0. The quantitative estimate of drug-likeness (QED) is 0.824. The van der Waals surface area contributed by atoms with Gasteiger partial charge in [-0.3, -0.25) is 0 Å². The van der Waals surface area contributed by atoms with Crippen LogP contribution in [0.25, 0.3) is 0 Å². The van der Waals surface area contributed by atoms with Crippen LogP contribution in [0.15, 0.2) is 49.1 Å². The summed E-state index contributed by atoms with van der Waals surface area (Å²) < 4.78 is 7.32. The summed E-state index contributed by atoms with van der Waals surface area (Å²) in [5, 5.41) is 0. The van der Waals surface area contributed by atoms with Gasteiger partial charge in [0.25, 0.3) is 0 Å². The smallest absolute Gasteiger partial charge is 0.419 e. The zero-order chi connectivity index (χ0) is 17.2. The van der Waals surface area contributed by atoms with E-state index in [1.54, 1.807) is 12.4 Å². The van der Waals surface area contributed by atoms with Crippen LogP contribution in [0.5, 0.6) is 0 Å². The van der Waals surface area contributed by atoms with E-state index in [0.717, 1.165) is 12.8 Å². The van der Waals surface area contributed by atoms with Crippen molar-refractivity contribution < 1.29 is 9.53 Å². The number of carbonyl (C=O) groups is 1. The minimum atomic E-state index is -0.333. The molecule has 1 aromatic heterocycles. The second-order valence-electron chi connectivity index (χ2n) is 7.50. The van der Waals surface area contributed by atoms with E-state index >= 15 is 0 Å². The van der Waals surface area contributed by atoms with Crippen molar-refractivity contribution >= 4 is 6.09 Å². The average Bonchev–Trinajstić information content (AvgIpc) is 3.10. The van der Waals surface area contributed by atoms with Gasteiger partial charge < -0.3 is 4.74 Å². The van der Waals surface area contributed by atoms with Gasteiger partial charge in [0.15, 0.2) is 0 Å². The predicted octanol–water partition coefficient (Wildman–Crippen LogP) is 4.65. The van der Waals surface area contributed by atoms with E-state index in [-0.39, 0.29) is 17.6 Å². The van der Waals surface area contributed by atoms with E-state index in [0.29, 0.717) is 11.8 Å². The molecule has 128 valence electrons. The van der Waals surface area contributed by atoms with Crippen molar-refractivity contribution in [1.82, 2.24) is 9.55 Å². The molecule has 0 spiro atoms. The standard InChI is InChI=1S/C20H26N2O2/c1-15-9-10-17(20(2,3)16-7-5-4-6-8-16)18(13-15)24-19(23)22-12-11-21-14-22/h4-8,11-12,14-15,17-18H,9-10,13H2,1-3H3/t15-,17-,18-/m1/s1. The van der Waals surface area contributed by atoms with Crippen LogP contribution in [0.2, 0.25) is 0 Å². The number of benzene rings is 1. The second kappa shape index (κ2) is 6.80. The highest BCUT2D eigenvalue weighted by Gasteiger charge is 2.42. The van der Waals surface area contributed by atoms with Gasteiger partial charge in [0.2, 0.25) is 0 Å². The zero-order valence-corrected chi connectivity index (χ0v) is 14.7. The van der Waals surface area contributed by atoms with Gasteiger partial charge in [0.1, 0.15) is 12.4 Å². The third kappa shape index (κ3) is 3.37. The fourth-order valence-corrected chi connectivity index (χ4v) is 3.92. The Hall–Kier alpha value is -2.10. The number of imidazole rings is 1. The number of carbonyl (C=O) groups excluding carboxylic acids is 1. The Kier molecular flexibility index (Phi) is 4.74. The lowest BCUT2D eigenvalue weighted by Gasteiger charge is -2.43. The highest BCUT2D eigenvalue weighted by Crippen LogP contribution is 2.43. The van der Waals surface area contributed by atoms with Gasteiger partial charge >= 0.3 is 6.09 Å². The minimum Gasteiger partial charge on any atom is -0.445 e. The maximum atomic E-state index is 12.4. The average molecular weight is 326 g/mol. The molecule has 0 unspecified atom stereocenters. The molecule has 0 bridgehead atoms. The molecule has 0 amide bonds. The molecular formula is C20H26N2O2. The van der Waals surface area contributed by atoms with E-state index in [9.17, 15) is 4.79 Å². The van der Waals surface area contributed by atoms with Crippen molar-refractivity contribution in [2.24, 2.45) is 11.8 Å². The minimum absolute atomic E-state index is 0.0404. The summed E-state index contributed by atoms with van der Waals surface area (Å²) in [6.07, 6.45) is 7.49. The van der Waals surface area contributed by atoms with Crippen LogP contribution >= 0.6 is 0 Å². The highest BCUT2D eigenvalue weighted by atomic mass is 16.6. The van der Waals surface area contributed by atoms with E-state index < -0.39 is 0 Å². The SMILES string of the molecule is C[C@@H]1CC[C@@H](C(C)(C)c2ccccc2)[C@H](OC(=O)n2ccnc2)C1. The summed E-state index contributed by atoms with van der Waals surface area (Å²) in [5.41, 5.74) is 1.26. The number of rotatable bonds is 3. The second-order valence-corrected chi connectivity index (χ2v) is 7.50. The number of nitrogens with zero attached hydrogens (tertiary/aromatic N) is 2. The van der Waals surface area contributed by atoms with Crippen molar-refractivity contribution in [2.45, 2.75) is 51.6 Å². The van der Waals surface area contributed by atoms with Crippen LogP contribution in [0.1, 0.15) is 45.6 Å². The normalized spacial score (nSPS) is 24.5. The summed E-state index contributed by atoms with van der Waals surface area (Å²) in [4.78, 5) is 16.3. The Morgan fingerprint density at radius 2 is 2.00 bits per heavy atom. The van der Waals surface area contributed by atoms with Crippen LogP contribution in [-0.4, -0.2) is 21.7 Å². The van der Waals surface area contributed by atoms with Crippen LogP contribution < -0.4 is 0 Å². The van der Waals surface area contributed by atoms with E-state index in [1.165, 1.54) is 22.9 Å². The van der Waals surface area contributed by atoms with Crippen molar-refractivity contribution in [3.8, 4) is 0 Å².